The van der Waals surface area contributed by atoms with Crippen molar-refractivity contribution in [1.82, 2.24) is 10.3 Å². The zero-order valence-electron chi connectivity index (χ0n) is 18.4. The molecule has 2 aromatic carbocycles. The number of pyridine rings is 1. The molecule has 1 unspecified atom stereocenters. The van der Waals surface area contributed by atoms with Gasteiger partial charge < -0.3 is 16.4 Å². The van der Waals surface area contributed by atoms with Crippen molar-refractivity contribution >= 4 is 23.5 Å². The van der Waals surface area contributed by atoms with Crippen LogP contribution in [0.15, 0.2) is 84.0 Å². The van der Waals surface area contributed by atoms with Crippen LogP contribution < -0.4 is 16.4 Å². The van der Waals surface area contributed by atoms with Crippen molar-refractivity contribution in [2.45, 2.75) is 12.5 Å². The number of benzene rings is 2. The average molecular weight is 439 g/mol. The van der Waals surface area contributed by atoms with E-state index in [1.165, 1.54) is 6.20 Å². The molecule has 3 aromatic rings. The molecule has 0 saturated carbocycles. The van der Waals surface area contributed by atoms with Crippen LogP contribution in [-0.2, 0) is 11.2 Å². The molecule has 0 radical (unpaired) electrons. The van der Waals surface area contributed by atoms with Crippen molar-refractivity contribution < 1.29 is 4.79 Å². The van der Waals surface area contributed by atoms with E-state index in [4.69, 9.17) is 11.0 Å². The van der Waals surface area contributed by atoms with Gasteiger partial charge in [-0.3, -0.25) is 9.79 Å². The molecule has 166 valence electrons. The average Bonchev–Trinajstić information content (AvgIpc) is 2.86. The number of aromatic nitrogens is 1. The van der Waals surface area contributed by atoms with Crippen molar-refractivity contribution in [3.63, 3.8) is 0 Å². The number of hydrogen-bond donors (Lipinski definition) is 3. The first-order valence-electron chi connectivity index (χ1n) is 10.5. The summed E-state index contributed by atoms with van der Waals surface area (Å²) >= 11 is 0. The summed E-state index contributed by atoms with van der Waals surface area (Å²) in [5, 5.41) is 15.2. The Morgan fingerprint density at radius 3 is 2.55 bits per heavy atom. The number of nitrogens with zero attached hydrogens (tertiary/aromatic N) is 3. The maximum atomic E-state index is 13.2. The fourth-order valence-corrected chi connectivity index (χ4v) is 3.31. The SMILES string of the molecule is CN=CC(=CN)c1cccc(NC(=O)C(NCCc2ccc(C#N)cc2)c2ccccc2)n1. The highest BCUT2D eigenvalue weighted by Crippen LogP contribution is 2.17. The number of nitriles is 1. The van der Waals surface area contributed by atoms with Crippen molar-refractivity contribution in [1.29, 1.82) is 5.26 Å². The van der Waals surface area contributed by atoms with Crippen molar-refractivity contribution in [3.8, 4) is 6.07 Å². The van der Waals surface area contributed by atoms with E-state index >= 15 is 0 Å². The highest BCUT2D eigenvalue weighted by molar-refractivity contribution is 6.09. The van der Waals surface area contributed by atoms with E-state index in [0.29, 0.717) is 29.2 Å². The smallest absolute Gasteiger partial charge is 0.247 e. The summed E-state index contributed by atoms with van der Waals surface area (Å²) in [5.74, 6) is 0.212. The number of rotatable bonds is 9. The molecular weight excluding hydrogens is 412 g/mol. The second-order valence-electron chi connectivity index (χ2n) is 7.26. The Labute approximate surface area is 193 Å². The molecule has 1 amide bonds. The van der Waals surface area contributed by atoms with Crippen LogP contribution in [0.2, 0.25) is 0 Å². The van der Waals surface area contributed by atoms with Crippen LogP contribution in [-0.4, -0.2) is 30.7 Å². The van der Waals surface area contributed by atoms with Gasteiger partial charge in [0.25, 0.3) is 0 Å². The third kappa shape index (κ3) is 6.60. The van der Waals surface area contributed by atoms with Gasteiger partial charge in [0.1, 0.15) is 11.9 Å². The second kappa shape index (κ2) is 11.9. The second-order valence-corrected chi connectivity index (χ2v) is 7.26. The zero-order valence-corrected chi connectivity index (χ0v) is 18.4. The number of carbonyl (C=O) groups excluding carboxylic acids is 1. The van der Waals surface area contributed by atoms with Crippen LogP contribution in [0.4, 0.5) is 5.82 Å². The highest BCUT2D eigenvalue weighted by Gasteiger charge is 2.20. The van der Waals surface area contributed by atoms with Crippen LogP contribution in [0.3, 0.4) is 0 Å². The minimum Gasteiger partial charge on any atom is -0.404 e. The van der Waals surface area contributed by atoms with E-state index in [9.17, 15) is 4.79 Å². The summed E-state index contributed by atoms with van der Waals surface area (Å²) in [6, 6.07) is 23.9. The maximum absolute atomic E-state index is 13.2. The Kier molecular flexibility index (Phi) is 8.46. The third-order valence-electron chi connectivity index (χ3n) is 4.98. The van der Waals surface area contributed by atoms with E-state index in [-0.39, 0.29) is 5.91 Å². The Morgan fingerprint density at radius 2 is 1.88 bits per heavy atom. The van der Waals surface area contributed by atoms with Gasteiger partial charge in [0.15, 0.2) is 0 Å². The number of amides is 1. The van der Waals surface area contributed by atoms with Crippen molar-refractivity contribution in [2.24, 2.45) is 10.7 Å². The fraction of sp³-hybridized carbons (Fsp3) is 0.154. The molecule has 1 aromatic heterocycles. The molecule has 4 N–H and O–H groups in total. The number of allylic oxidation sites excluding steroid dienone is 1. The van der Waals surface area contributed by atoms with Gasteiger partial charge in [-0.15, -0.1) is 0 Å². The fourth-order valence-electron chi connectivity index (χ4n) is 3.31. The first-order chi connectivity index (χ1) is 16.1. The molecule has 3 rings (SSSR count). The minimum atomic E-state index is -0.559. The van der Waals surface area contributed by atoms with E-state index in [2.05, 4.69) is 26.7 Å². The van der Waals surface area contributed by atoms with Gasteiger partial charge in [-0.05, 0) is 41.8 Å². The van der Waals surface area contributed by atoms with Crippen LogP contribution in [0, 0.1) is 11.3 Å². The minimum absolute atomic E-state index is 0.215. The predicted octanol–water partition coefficient (Wildman–Crippen LogP) is 3.47. The number of nitrogens with two attached hydrogens (primary N) is 1. The molecule has 33 heavy (non-hydrogen) atoms. The molecule has 7 nitrogen and oxygen atoms in total. The number of carbonyl (C=O) groups is 1. The number of nitrogens with one attached hydrogen (secondary N) is 2. The zero-order chi connectivity index (χ0) is 23.5. The lowest BCUT2D eigenvalue weighted by molar-refractivity contribution is -0.118. The monoisotopic (exact) mass is 438 g/mol. The molecule has 0 fully saturated rings. The van der Waals surface area contributed by atoms with Crippen LogP contribution in [0.5, 0.6) is 0 Å². The van der Waals surface area contributed by atoms with E-state index in [1.54, 1.807) is 43.6 Å². The van der Waals surface area contributed by atoms with Gasteiger partial charge >= 0.3 is 0 Å². The van der Waals surface area contributed by atoms with E-state index in [1.807, 2.05) is 42.5 Å². The Morgan fingerprint density at radius 1 is 1.12 bits per heavy atom. The Balaban J connectivity index is 1.73. The van der Waals surface area contributed by atoms with Gasteiger partial charge in [0, 0.05) is 31.6 Å². The van der Waals surface area contributed by atoms with Gasteiger partial charge in [-0.2, -0.15) is 5.26 Å². The summed E-state index contributed by atoms with van der Waals surface area (Å²) in [7, 11) is 1.66. The number of anilines is 1. The Hall–Kier alpha value is -4.28. The van der Waals surface area contributed by atoms with Crippen LogP contribution in [0.25, 0.3) is 5.57 Å². The summed E-state index contributed by atoms with van der Waals surface area (Å²) in [6.07, 6.45) is 3.76. The maximum Gasteiger partial charge on any atom is 0.247 e. The third-order valence-corrected chi connectivity index (χ3v) is 4.98. The molecule has 0 saturated heterocycles. The standard InChI is InChI=1S/C26H26N6O/c1-29-18-22(17-28)23-8-5-9-24(31-23)32-26(33)25(21-6-3-2-4-7-21)30-15-14-19-10-12-20(16-27)13-11-19/h2-13,17-18,25,30H,14-15,28H2,1H3,(H,31,32,33). The molecule has 0 aliphatic heterocycles. The van der Waals surface area contributed by atoms with Gasteiger partial charge in [0.05, 0.1) is 17.3 Å². The number of aliphatic imine (C=N–C) groups is 1. The Bertz CT molecular complexity index is 1160. The quantitative estimate of drug-likeness (QED) is 0.443. The molecule has 7 heteroatoms. The van der Waals surface area contributed by atoms with Gasteiger partial charge in [-0.1, -0.05) is 48.5 Å². The molecular formula is C26H26N6O. The molecule has 0 spiro atoms. The number of hydrogen-bond acceptors (Lipinski definition) is 6. The van der Waals surface area contributed by atoms with E-state index in [0.717, 1.165) is 17.5 Å². The lowest BCUT2D eigenvalue weighted by Crippen LogP contribution is -2.34. The first kappa shape index (κ1) is 23.4. The summed E-state index contributed by atoms with van der Waals surface area (Å²) in [5.41, 5.74) is 9.52. The molecule has 1 heterocycles. The summed E-state index contributed by atoms with van der Waals surface area (Å²) in [4.78, 5) is 21.7. The van der Waals surface area contributed by atoms with Crippen molar-refractivity contribution in [3.05, 3.63) is 101 Å². The topological polar surface area (TPSA) is 116 Å². The van der Waals surface area contributed by atoms with Gasteiger partial charge in [-0.25, -0.2) is 4.98 Å². The summed E-state index contributed by atoms with van der Waals surface area (Å²) in [6.45, 7) is 0.583. The lowest BCUT2D eigenvalue weighted by atomic mass is 10.0. The molecule has 1 atom stereocenters. The normalized spacial score (nSPS) is 12.3. The van der Waals surface area contributed by atoms with Crippen LogP contribution in [0.1, 0.15) is 28.4 Å². The van der Waals surface area contributed by atoms with Crippen LogP contribution >= 0.6 is 0 Å². The predicted molar refractivity (Wildman–Crippen MR) is 131 cm³/mol. The molecule has 0 bridgehead atoms. The first-order valence-corrected chi connectivity index (χ1v) is 10.5. The van der Waals surface area contributed by atoms with Gasteiger partial charge in [0.2, 0.25) is 5.91 Å². The largest absolute Gasteiger partial charge is 0.404 e. The lowest BCUT2D eigenvalue weighted by Gasteiger charge is -2.19. The summed E-state index contributed by atoms with van der Waals surface area (Å²) < 4.78 is 0. The molecule has 0 aliphatic rings. The van der Waals surface area contributed by atoms with Crippen molar-refractivity contribution in [2.75, 3.05) is 18.9 Å². The highest BCUT2D eigenvalue weighted by atomic mass is 16.2. The van der Waals surface area contributed by atoms with E-state index < -0.39 is 6.04 Å². The molecule has 0 aliphatic carbocycles.